The third-order valence-corrected chi connectivity index (χ3v) is 5.16. The molecule has 0 saturated heterocycles. The zero-order valence-electron chi connectivity index (χ0n) is 13.6. The number of hydrogen-bond donors (Lipinski definition) is 2. The van der Waals surface area contributed by atoms with E-state index in [1.807, 2.05) is 36.4 Å². The van der Waals surface area contributed by atoms with Gasteiger partial charge in [-0.15, -0.1) is 11.6 Å². The van der Waals surface area contributed by atoms with Crippen LogP contribution >= 0.6 is 11.6 Å². The van der Waals surface area contributed by atoms with Gasteiger partial charge in [-0.1, -0.05) is 30.4 Å². The highest BCUT2D eigenvalue weighted by Crippen LogP contribution is 2.36. The van der Waals surface area contributed by atoms with E-state index in [0.29, 0.717) is 12.1 Å². The number of halogens is 1. The van der Waals surface area contributed by atoms with E-state index in [1.165, 1.54) is 0 Å². The highest BCUT2D eigenvalue weighted by atomic mass is 35.5. The maximum atomic E-state index is 11.6. The number of pyridine rings is 1. The Balaban J connectivity index is 1.94. The van der Waals surface area contributed by atoms with E-state index in [1.54, 1.807) is 13.2 Å². The molecule has 25 heavy (non-hydrogen) atoms. The molecule has 1 aliphatic carbocycles. The van der Waals surface area contributed by atoms with Crippen LogP contribution in [0.4, 0.5) is 0 Å². The molecule has 0 saturated carbocycles. The number of H-pyrrole nitrogens is 1. The molecule has 0 amide bonds. The van der Waals surface area contributed by atoms with Gasteiger partial charge in [0.25, 0.3) is 0 Å². The number of aromatic carboxylic acids is 1. The standard InChI is InChI=1S/C19H17ClN2O3/c1-25-16-7-6-10(8-13(16)20)17-18-12(9-15(22-17)19(23)24)11-4-2-3-5-14(11)21-18/h2-7,9-10,13,16,21H,8H2,1H3,(H,23,24). The molecule has 2 heterocycles. The van der Waals surface area contributed by atoms with Gasteiger partial charge < -0.3 is 14.8 Å². The molecular formula is C19H17ClN2O3. The maximum absolute atomic E-state index is 11.6. The number of methoxy groups -OCH3 is 1. The molecular weight excluding hydrogens is 340 g/mol. The van der Waals surface area contributed by atoms with Crippen molar-refractivity contribution < 1.29 is 14.6 Å². The minimum atomic E-state index is -1.04. The van der Waals surface area contributed by atoms with E-state index in [9.17, 15) is 9.90 Å². The molecule has 5 nitrogen and oxygen atoms in total. The summed E-state index contributed by atoms with van der Waals surface area (Å²) in [7, 11) is 1.63. The number of hydrogen-bond acceptors (Lipinski definition) is 3. The quantitative estimate of drug-likeness (QED) is 0.547. The normalized spacial score (nSPS) is 23.4. The van der Waals surface area contributed by atoms with Gasteiger partial charge in [-0.25, -0.2) is 9.78 Å². The summed E-state index contributed by atoms with van der Waals surface area (Å²) in [6.07, 6.45) is 4.43. The van der Waals surface area contributed by atoms with Gasteiger partial charge in [-0.2, -0.15) is 0 Å². The molecule has 2 aromatic heterocycles. The second-order valence-electron chi connectivity index (χ2n) is 6.23. The van der Waals surface area contributed by atoms with Gasteiger partial charge in [0.15, 0.2) is 0 Å². The minimum absolute atomic E-state index is 0.0423. The molecule has 0 radical (unpaired) electrons. The van der Waals surface area contributed by atoms with Crippen LogP contribution < -0.4 is 0 Å². The molecule has 2 N–H and O–H groups in total. The van der Waals surface area contributed by atoms with E-state index < -0.39 is 5.97 Å². The highest BCUT2D eigenvalue weighted by molar-refractivity contribution is 6.21. The van der Waals surface area contributed by atoms with Crippen molar-refractivity contribution in [1.82, 2.24) is 9.97 Å². The molecule has 128 valence electrons. The molecule has 3 atom stereocenters. The Morgan fingerprint density at radius 2 is 2.12 bits per heavy atom. The number of aromatic nitrogens is 2. The first kappa shape index (κ1) is 16.1. The molecule has 0 spiro atoms. The van der Waals surface area contributed by atoms with E-state index in [2.05, 4.69) is 9.97 Å². The summed E-state index contributed by atoms with van der Waals surface area (Å²) >= 11 is 6.43. The number of para-hydroxylation sites is 1. The Morgan fingerprint density at radius 3 is 2.84 bits per heavy atom. The van der Waals surface area contributed by atoms with E-state index in [4.69, 9.17) is 16.3 Å². The van der Waals surface area contributed by atoms with E-state index in [0.717, 1.165) is 21.8 Å². The molecule has 6 heteroatoms. The molecule has 0 bridgehead atoms. The lowest BCUT2D eigenvalue weighted by Gasteiger charge is -2.26. The van der Waals surface area contributed by atoms with Crippen LogP contribution in [0.15, 0.2) is 42.5 Å². The average molecular weight is 357 g/mol. The van der Waals surface area contributed by atoms with Crippen LogP contribution in [0.3, 0.4) is 0 Å². The number of nitrogens with zero attached hydrogens (tertiary/aromatic N) is 1. The van der Waals surface area contributed by atoms with Gasteiger partial charge in [-0.3, -0.25) is 0 Å². The maximum Gasteiger partial charge on any atom is 0.354 e. The average Bonchev–Trinajstić information content (AvgIpc) is 2.99. The largest absolute Gasteiger partial charge is 0.477 e. The Labute approximate surface area is 149 Å². The number of allylic oxidation sites excluding steroid dienone is 1. The van der Waals surface area contributed by atoms with Crippen molar-refractivity contribution in [3.05, 3.63) is 53.9 Å². The molecule has 1 aliphatic rings. The van der Waals surface area contributed by atoms with Crippen molar-refractivity contribution in [2.45, 2.75) is 23.8 Å². The summed E-state index contributed by atoms with van der Waals surface area (Å²) in [5, 5.41) is 11.1. The van der Waals surface area contributed by atoms with Crippen LogP contribution in [0.2, 0.25) is 0 Å². The molecule has 1 aromatic carbocycles. The summed E-state index contributed by atoms with van der Waals surface area (Å²) in [5.74, 6) is -1.10. The SMILES string of the molecule is COC1C=CC(c2nc(C(=O)O)cc3c2[nH]c2ccccc23)CC1Cl. The number of rotatable bonds is 3. The van der Waals surface area contributed by atoms with Crippen LogP contribution in [0.5, 0.6) is 0 Å². The number of carboxylic acids is 1. The van der Waals surface area contributed by atoms with Crippen LogP contribution in [0.25, 0.3) is 21.8 Å². The lowest BCUT2D eigenvalue weighted by atomic mass is 9.89. The summed E-state index contributed by atoms with van der Waals surface area (Å²) < 4.78 is 5.34. The van der Waals surface area contributed by atoms with Gasteiger partial charge in [0.05, 0.1) is 22.7 Å². The summed E-state index contributed by atoms with van der Waals surface area (Å²) in [4.78, 5) is 19.4. The van der Waals surface area contributed by atoms with Crippen molar-refractivity contribution in [3.63, 3.8) is 0 Å². The van der Waals surface area contributed by atoms with E-state index >= 15 is 0 Å². The number of ether oxygens (including phenoxy) is 1. The Bertz CT molecular complexity index is 995. The van der Waals surface area contributed by atoms with Gasteiger partial charge in [0, 0.05) is 29.3 Å². The van der Waals surface area contributed by atoms with Gasteiger partial charge in [-0.05, 0) is 18.6 Å². The summed E-state index contributed by atoms with van der Waals surface area (Å²) in [5.41, 5.74) is 2.57. The number of carbonyl (C=O) groups is 1. The number of benzene rings is 1. The van der Waals surface area contributed by atoms with Crippen molar-refractivity contribution in [1.29, 1.82) is 0 Å². The van der Waals surface area contributed by atoms with Crippen LogP contribution in [-0.4, -0.2) is 39.6 Å². The number of aromatic amines is 1. The predicted octanol–water partition coefficient (Wildman–Crippen LogP) is 4.08. The predicted molar refractivity (Wildman–Crippen MR) is 97.5 cm³/mol. The first-order chi connectivity index (χ1) is 12.1. The van der Waals surface area contributed by atoms with Crippen LogP contribution in [0, 0.1) is 0 Å². The highest BCUT2D eigenvalue weighted by Gasteiger charge is 2.28. The summed E-state index contributed by atoms with van der Waals surface area (Å²) in [6, 6.07) is 9.46. The number of carboxylic acid groups (broad SMARTS) is 1. The smallest absolute Gasteiger partial charge is 0.354 e. The minimum Gasteiger partial charge on any atom is -0.477 e. The molecule has 4 rings (SSSR count). The fourth-order valence-electron chi connectivity index (χ4n) is 3.50. The number of fused-ring (bicyclic) bond motifs is 3. The fraction of sp³-hybridized carbons (Fsp3) is 0.263. The van der Waals surface area contributed by atoms with Crippen molar-refractivity contribution >= 4 is 39.4 Å². The second kappa shape index (κ2) is 6.17. The van der Waals surface area contributed by atoms with Crippen molar-refractivity contribution in [3.8, 4) is 0 Å². The number of nitrogens with one attached hydrogen (secondary N) is 1. The lowest BCUT2D eigenvalue weighted by molar-refractivity contribution is 0.0690. The van der Waals surface area contributed by atoms with Gasteiger partial charge in [0.2, 0.25) is 0 Å². The van der Waals surface area contributed by atoms with Gasteiger partial charge >= 0.3 is 5.97 Å². The Morgan fingerprint density at radius 1 is 1.32 bits per heavy atom. The molecule has 0 aliphatic heterocycles. The molecule has 0 fully saturated rings. The van der Waals surface area contributed by atoms with Crippen LogP contribution in [-0.2, 0) is 4.74 Å². The monoisotopic (exact) mass is 356 g/mol. The fourth-order valence-corrected chi connectivity index (χ4v) is 3.88. The third-order valence-electron chi connectivity index (χ3n) is 4.74. The Kier molecular flexibility index (Phi) is 3.98. The molecule has 3 unspecified atom stereocenters. The second-order valence-corrected chi connectivity index (χ2v) is 6.80. The first-order valence-corrected chi connectivity index (χ1v) is 8.52. The van der Waals surface area contributed by atoms with Crippen molar-refractivity contribution in [2.75, 3.05) is 7.11 Å². The van der Waals surface area contributed by atoms with Gasteiger partial charge in [0.1, 0.15) is 5.69 Å². The third kappa shape index (κ3) is 2.69. The summed E-state index contributed by atoms with van der Waals surface area (Å²) in [6.45, 7) is 0. The van der Waals surface area contributed by atoms with Crippen LogP contribution in [0.1, 0.15) is 28.5 Å². The zero-order valence-corrected chi connectivity index (χ0v) is 14.3. The molecule has 3 aromatic rings. The zero-order chi connectivity index (χ0) is 17.6. The topological polar surface area (TPSA) is 75.2 Å². The van der Waals surface area contributed by atoms with Crippen molar-refractivity contribution in [2.24, 2.45) is 0 Å². The Hall–Kier alpha value is -2.37. The lowest BCUT2D eigenvalue weighted by Crippen LogP contribution is -2.27. The first-order valence-electron chi connectivity index (χ1n) is 8.08. The van der Waals surface area contributed by atoms with E-state index in [-0.39, 0.29) is 23.1 Å². The number of alkyl halides is 1.